The highest BCUT2D eigenvalue weighted by molar-refractivity contribution is 5.81. The third-order valence-electron chi connectivity index (χ3n) is 2.67. The Bertz CT molecular complexity index is 198. The van der Waals surface area contributed by atoms with Crippen molar-refractivity contribution in [3.05, 3.63) is 12.2 Å². The maximum absolute atomic E-state index is 11.3. The highest BCUT2D eigenvalue weighted by Gasteiger charge is 2.30. The van der Waals surface area contributed by atoms with E-state index in [0.717, 1.165) is 13.0 Å². The standard InChI is InChI=1S/C9H13NO/c11-9-8-4-2-1-3-7(8)5-6-10-9/h2,4,7-8H,1,3,5-6H2,(H,10,11). The number of hydrogen-bond acceptors (Lipinski definition) is 1. The van der Waals surface area contributed by atoms with E-state index in [1.165, 1.54) is 12.8 Å². The van der Waals surface area contributed by atoms with Crippen LogP contribution in [-0.2, 0) is 4.79 Å². The first-order valence-corrected chi connectivity index (χ1v) is 4.32. The molecule has 2 rings (SSSR count). The summed E-state index contributed by atoms with van der Waals surface area (Å²) < 4.78 is 0. The quantitative estimate of drug-likeness (QED) is 0.516. The molecular formula is C9H13NO. The van der Waals surface area contributed by atoms with E-state index < -0.39 is 0 Å². The van der Waals surface area contributed by atoms with Crippen LogP contribution in [0.4, 0.5) is 0 Å². The molecule has 0 radical (unpaired) electrons. The van der Waals surface area contributed by atoms with E-state index in [9.17, 15) is 4.79 Å². The Morgan fingerprint density at radius 3 is 3.18 bits per heavy atom. The van der Waals surface area contributed by atoms with Crippen LogP contribution in [0.1, 0.15) is 19.3 Å². The summed E-state index contributed by atoms with van der Waals surface area (Å²) in [5.41, 5.74) is 0. The second kappa shape index (κ2) is 2.68. The van der Waals surface area contributed by atoms with Crippen molar-refractivity contribution in [2.45, 2.75) is 19.3 Å². The molecule has 1 aliphatic carbocycles. The van der Waals surface area contributed by atoms with Gasteiger partial charge in [-0.05, 0) is 25.2 Å². The van der Waals surface area contributed by atoms with Crippen LogP contribution >= 0.6 is 0 Å². The van der Waals surface area contributed by atoms with Crippen LogP contribution in [-0.4, -0.2) is 12.5 Å². The Morgan fingerprint density at radius 1 is 1.45 bits per heavy atom. The Balaban J connectivity index is 2.16. The molecule has 0 aromatic carbocycles. The van der Waals surface area contributed by atoms with Gasteiger partial charge in [-0.25, -0.2) is 0 Å². The van der Waals surface area contributed by atoms with Crippen molar-refractivity contribution in [3.8, 4) is 0 Å². The van der Waals surface area contributed by atoms with Crippen LogP contribution in [0.2, 0.25) is 0 Å². The van der Waals surface area contributed by atoms with Gasteiger partial charge in [0.1, 0.15) is 0 Å². The zero-order valence-corrected chi connectivity index (χ0v) is 6.55. The van der Waals surface area contributed by atoms with E-state index in [0.29, 0.717) is 5.92 Å². The summed E-state index contributed by atoms with van der Waals surface area (Å²) >= 11 is 0. The molecule has 1 N–H and O–H groups in total. The van der Waals surface area contributed by atoms with Gasteiger partial charge in [-0.3, -0.25) is 4.79 Å². The average Bonchev–Trinajstić information content (AvgIpc) is 2.06. The van der Waals surface area contributed by atoms with Gasteiger partial charge >= 0.3 is 0 Å². The number of amides is 1. The third-order valence-corrected chi connectivity index (χ3v) is 2.67. The summed E-state index contributed by atoms with van der Waals surface area (Å²) in [4.78, 5) is 11.3. The predicted octanol–water partition coefficient (Wildman–Crippen LogP) is 1.09. The number of carbonyl (C=O) groups excluding carboxylic acids is 1. The van der Waals surface area contributed by atoms with E-state index in [4.69, 9.17) is 0 Å². The molecule has 0 saturated carbocycles. The van der Waals surface area contributed by atoms with E-state index in [1.807, 2.05) is 0 Å². The van der Waals surface area contributed by atoms with E-state index in [1.54, 1.807) is 0 Å². The van der Waals surface area contributed by atoms with Crippen molar-refractivity contribution in [1.82, 2.24) is 5.32 Å². The smallest absolute Gasteiger partial charge is 0.227 e. The summed E-state index contributed by atoms with van der Waals surface area (Å²) in [6, 6.07) is 0. The molecule has 1 fully saturated rings. The lowest BCUT2D eigenvalue weighted by Crippen LogP contribution is -2.41. The van der Waals surface area contributed by atoms with Gasteiger partial charge in [0.05, 0.1) is 5.92 Å². The molecule has 1 amide bonds. The molecule has 1 aliphatic heterocycles. The van der Waals surface area contributed by atoms with Crippen LogP contribution in [0.3, 0.4) is 0 Å². The number of hydrogen-bond donors (Lipinski definition) is 1. The minimum absolute atomic E-state index is 0.192. The highest BCUT2D eigenvalue weighted by atomic mass is 16.1. The molecule has 2 aliphatic rings. The van der Waals surface area contributed by atoms with Crippen LogP contribution in [0.5, 0.6) is 0 Å². The van der Waals surface area contributed by atoms with E-state index >= 15 is 0 Å². The lowest BCUT2D eigenvalue weighted by Gasteiger charge is -2.31. The number of rotatable bonds is 0. The molecule has 0 spiro atoms. The van der Waals surface area contributed by atoms with E-state index in [2.05, 4.69) is 17.5 Å². The van der Waals surface area contributed by atoms with Crippen molar-refractivity contribution in [2.24, 2.45) is 11.8 Å². The summed E-state index contributed by atoms with van der Waals surface area (Å²) in [7, 11) is 0. The van der Waals surface area contributed by atoms with Crippen molar-refractivity contribution < 1.29 is 4.79 Å². The molecule has 1 saturated heterocycles. The molecule has 2 atom stereocenters. The zero-order chi connectivity index (χ0) is 7.68. The molecule has 1 heterocycles. The van der Waals surface area contributed by atoms with Gasteiger partial charge in [-0.2, -0.15) is 0 Å². The van der Waals surface area contributed by atoms with Gasteiger partial charge in [0.25, 0.3) is 0 Å². The Kier molecular flexibility index (Phi) is 1.68. The second-order valence-corrected chi connectivity index (χ2v) is 3.37. The number of nitrogens with one attached hydrogen (secondary N) is 1. The minimum atomic E-state index is 0.192. The summed E-state index contributed by atoms with van der Waals surface area (Å²) in [5, 5.41) is 2.89. The minimum Gasteiger partial charge on any atom is -0.356 e. The molecule has 2 unspecified atom stereocenters. The largest absolute Gasteiger partial charge is 0.356 e. The van der Waals surface area contributed by atoms with Crippen LogP contribution in [0, 0.1) is 11.8 Å². The lowest BCUT2D eigenvalue weighted by atomic mass is 9.79. The van der Waals surface area contributed by atoms with Crippen LogP contribution in [0.25, 0.3) is 0 Å². The first kappa shape index (κ1) is 6.89. The Morgan fingerprint density at radius 2 is 2.36 bits per heavy atom. The number of carbonyl (C=O) groups is 1. The van der Waals surface area contributed by atoms with Crippen molar-refractivity contribution in [2.75, 3.05) is 6.54 Å². The number of piperidine rings is 1. The zero-order valence-electron chi connectivity index (χ0n) is 6.55. The fourth-order valence-corrected chi connectivity index (χ4v) is 2.01. The molecule has 2 heteroatoms. The summed E-state index contributed by atoms with van der Waals surface area (Å²) in [6.07, 6.45) is 7.73. The topological polar surface area (TPSA) is 29.1 Å². The lowest BCUT2D eigenvalue weighted by molar-refractivity contribution is -0.127. The predicted molar refractivity (Wildman–Crippen MR) is 43.0 cm³/mol. The second-order valence-electron chi connectivity index (χ2n) is 3.37. The molecule has 0 bridgehead atoms. The SMILES string of the molecule is O=C1NCCC2CCC=CC12. The monoisotopic (exact) mass is 151 g/mol. The maximum Gasteiger partial charge on any atom is 0.227 e. The van der Waals surface area contributed by atoms with Gasteiger partial charge in [-0.1, -0.05) is 12.2 Å². The van der Waals surface area contributed by atoms with Gasteiger partial charge in [-0.15, -0.1) is 0 Å². The molecule has 0 aromatic rings. The van der Waals surface area contributed by atoms with Crippen LogP contribution in [0.15, 0.2) is 12.2 Å². The van der Waals surface area contributed by atoms with Crippen molar-refractivity contribution in [1.29, 1.82) is 0 Å². The normalized spacial score (nSPS) is 36.2. The average molecular weight is 151 g/mol. The van der Waals surface area contributed by atoms with Crippen LogP contribution < -0.4 is 5.32 Å². The van der Waals surface area contributed by atoms with Crippen molar-refractivity contribution in [3.63, 3.8) is 0 Å². The van der Waals surface area contributed by atoms with E-state index in [-0.39, 0.29) is 11.8 Å². The number of fused-ring (bicyclic) bond motifs is 1. The molecule has 2 nitrogen and oxygen atoms in total. The summed E-state index contributed by atoms with van der Waals surface area (Å²) in [6.45, 7) is 0.883. The maximum atomic E-state index is 11.3. The van der Waals surface area contributed by atoms with Crippen molar-refractivity contribution >= 4 is 5.91 Å². The number of allylic oxidation sites excluding steroid dienone is 1. The Labute approximate surface area is 66.7 Å². The molecule has 11 heavy (non-hydrogen) atoms. The summed E-state index contributed by atoms with van der Waals surface area (Å²) in [5.74, 6) is 1.06. The first-order chi connectivity index (χ1) is 5.38. The van der Waals surface area contributed by atoms with Gasteiger partial charge in [0.2, 0.25) is 5.91 Å². The Hall–Kier alpha value is -0.790. The fraction of sp³-hybridized carbons (Fsp3) is 0.667. The highest BCUT2D eigenvalue weighted by Crippen LogP contribution is 2.29. The fourth-order valence-electron chi connectivity index (χ4n) is 2.01. The van der Waals surface area contributed by atoms with Gasteiger partial charge in [0, 0.05) is 6.54 Å². The molecular weight excluding hydrogens is 138 g/mol. The molecule has 60 valence electrons. The third kappa shape index (κ3) is 1.17. The first-order valence-electron chi connectivity index (χ1n) is 4.32. The van der Waals surface area contributed by atoms with Gasteiger partial charge < -0.3 is 5.32 Å². The van der Waals surface area contributed by atoms with Gasteiger partial charge in [0.15, 0.2) is 0 Å². The molecule has 0 aromatic heterocycles.